The molecular formula is C15H18N2O4. The van der Waals surface area contributed by atoms with E-state index in [9.17, 15) is 14.7 Å². The molecule has 112 valence electrons. The molecule has 2 amide bonds. The van der Waals surface area contributed by atoms with E-state index in [0.717, 1.165) is 18.4 Å². The van der Waals surface area contributed by atoms with Crippen LogP contribution < -0.4 is 15.4 Å². The molecule has 1 unspecified atom stereocenters. The molecule has 1 saturated carbocycles. The average Bonchev–Trinajstić information content (AvgIpc) is 3.20. The molecule has 0 saturated heterocycles. The maximum absolute atomic E-state index is 12.2. The molecule has 1 aromatic carbocycles. The fraction of sp³-hybridized carbons (Fsp3) is 0.467. The van der Waals surface area contributed by atoms with Gasteiger partial charge in [-0.2, -0.15) is 0 Å². The van der Waals surface area contributed by atoms with Crippen LogP contribution in [0.5, 0.6) is 5.75 Å². The Kier molecular flexibility index (Phi) is 3.55. The van der Waals surface area contributed by atoms with Gasteiger partial charge in [0.1, 0.15) is 11.9 Å². The topological polar surface area (TPSA) is 87.7 Å². The Morgan fingerprint density at radius 2 is 2.10 bits per heavy atom. The van der Waals surface area contributed by atoms with E-state index in [0.29, 0.717) is 23.3 Å². The van der Waals surface area contributed by atoms with Gasteiger partial charge in [0.05, 0.1) is 12.2 Å². The van der Waals surface area contributed by atoms with Gasteiger partial charge in [0.25, 0.3) is 11.8 Å². The first-order chi connectivity index (χ1) is 10.1. The van der Waals surface area contributed by atoms with Gasteiger partial charge < -0.3 is 20.5 Å². The molecule has 1 atom stereocenters. The second-order valence-electron chi connectivity index (χ2n) is 5.47. The quantitative estimate of drug-likeness (QED) is 0.741. The number of ether oxygens (including phenoxy) is 1. The third-order valence-corrected chi connectivity index (χ3v) is 3.75. The van der Waals surface area contributed by atoms with Crippen LogP contribution in [-0.4, -0.2) is 42.7 Å². The smallest absolute Gasteiger partial charge is 0.254 e. The van der Waals surface area contributed by atoms with E-state index in [1.807, 2.05) is 0 Å². The maximum atomic E-state index is 12.2. The molecule has 3 N–H and O–H groups in total. The van der Waals surface area contributed by atoms with Crippen LogP contribution in [0.1, 0.15) is 39.1 Å². The zero-order valence-corrected chi connectivity index (χ0v) is 11.8. The van der Waals surface area contributed by atoms with Crippen LogP contribution in [0, 0.1) is 0 Å². The number of fused-ring (bicyclic) bond motifs is 1. The number of nitrogens with one attached hydrogen (secondary N) is 2. The van der Waals surface area contributed by atoms with Crippen molar-refractivity contribution in [3.8, 4) is 5.75 Å². The van der Waals surface area contributed by atoms with Crippen molar-refractivity contribution in [2.45, 2.75) is 31.4 Å². The van der Waals surface area contributed by atoms with Crippen LogP contribution in [0.2, 0.25) is 0 Å². The number of aliphatic hydroxyl groups excluding tert-OH is 1. The minimum absolute atomic E-state index is 0.120. The van der Waals surface area contributed by atoms with Crippen molar-refractivity contribution in [1.29, 1.82) is 0 Å². The van der Waals surface area contributed by atoms with Crippen LogP contribution in [0.15, 0.2) is 12.1 Å². The van der Waals surface area contributed by atoms with Crippen LogP contribution in [0.25, 0.3) is 0 Å². The lowest BCUT2D eigenvalue weighted by Crippen LogP contribution is -2.26. The summed E-state index contributed by atoms with van der Waals surface area (Å²) < 4.78 is 5.60. The summed E-state index contributed by atoms with van der Waals surface area (Å²) in [7, 11) is 1.53. The zero-order valence-electron chi connectivity index (χ0n) is 11.8. The van der Waals surface area contributed by atoms with Crippen molar-refractivity contribution in [3.05, 3.63) is 28.8 Å². The van der Waals surface area contributed by atoms with Crippen molar-refractivity contribution in [2.24, 2.45) is 0 Å². The molecule has 21 heavy (non-hydrogen) atoms. The third kappa shape index (κ3) is 2.71. The summed E-state index contributed by atoms with van der Waals surface area (Å²) in [6.07, 6.45) is 2.16. The molecule has 6 heteroatoms. The molecular weight excluding hydrogens is 272 g/mol. The lowest BCUT2D eigenvalue weighted by molar-refractivity contribution is 0.0950. The number of amides is 2. The number of rotatable bonds is 4. The van der Waals surface area contributed by atoms with Crippen molar-refractivity contribution in [1.82, 2.24) is 10.6 Å². The molecule has 1 heterocycles. The zero-order chi connectivity index (χ0) is 15.0. The van der Waals surface area contributed by atoms with E-state index in [1.165, 1.54) is 7.05 Å². The minimum atomic E-state index is -0.356. The normalized spacial score (nSPS) is 19.6. The number of aliphatic hydroxyl groups is 1. The molecule has 1 aromatic rings. The molecule has 0 radical (unpaired) electrons. The standard InChI is InChI=1S/C15H18N2O4/c1-16-15(20)12-6-9(14(19)17-10-2-3-10)4-8-5-11(7-18)21-13(8)12/h4,6,10-11,18H,2-3,5,7H2,1H3,(H,16,20)(H,17,19). The third-order valence-electron chi connectivity index (χ3n) is 3.75. The monoisotopic (exact) mass is 290 g/mol. The van der Waals surface area contributed by atoms with Crippen LogP contribution >= 0.6 is 0 Å². The summed E-state index contributed by atoms with van der Waals surface area (Å²) in [5, 5.41) is 14.7. The summed E-state index contributed by atoms with van der Waals surface area (Å²) in [6, 6.07) is 3.56. The predicted octanol–water partition coefficient (Wildman–Crippen LogP) is 0.234. The Bertz CT molecular complexity index is 596. The molecule has 2 aliphatic rings. The van der Waals surface area contributed by atoms with Crippen LogP contribution in [0.4, 0.5) is 0 Å². The Balaban J connectivity index is 1.96. The summed E-state index contributed by atoms with van der Waals surface area (Å²) >= 11 is 0. The van der Waals surface area contributed by atoms with Gasteiger partial charge in [0.15, 0.2) is 0 Å². The predicted molar refractivity (Wildman–Crippen MR) is 75.5 cm³/mol. The van der Waals surface area contributed by atoms with Gasteiger partial charge in [0.2, 0.25) is 0 Å². The van der Waals surface area contributed by atoms with Gasteiger partial charge >= 0.3 is 0 Å². The van der Waals surface area contributed by atoms with E-state index in [1.54, 1.807) is 12.1 Å². The molecule has 3 rings (SSSR count). The molecule has 0 spiro atoms. The maximum Gasteiger partial charge on any atom is 0.254 e. The average molecular weight is 290 g/mol. The largest absolute Gasteiger partial charge is 0.487 e. The number of carbonyl (C=O) groups is 2. The second kappa shape index (κ2) is 5.37. The highest BCUT2D eigenvalue weighted by Crippen LogP contribution is 2.34. The van der Waals surface area contributed by atoms with E-state index in [4.69, 9.17) is 4.74 Å². The highest BCUT2D eigenvalue weighted by Gasteiger charge is 2.30. The summed E-state index contributed by atoms with van der Waals surface area (Å²) in [4.78, 5) is 24.2. The van der Waals surface area contributed by atoms with Gasteiger partial charge in [-0.25, -0.2) is 0 Å². The highest BCUT2D eigenvalue weighted by molar-refractivity contribution is 6.02. The molecule has 0 bridgehead atoms. The van der Waals surface area contributed by atoms with Gasteiger partial charge in [0, 0.05) is 25.1 Å². The Hall–Kier alpha value is -2.08. The van der Waals surface area contributed by atoms with E-state index in [-0.39, 0.29) is 30.6 Å². The Morgan fingerprint density at radius 1 is 1.33 bits per heavy atom. The molecule has 1 aliphatic carbocycles. The molecule has 1 aliphatic heterocycles. The second-order valence-corrected chi connectivity index (χ2v) is 5.47. The summed E-state index contributed by atoms with van der Waals surface area (Å²) in [6.45, 7) is -0.120. The molecule has 1 fully saturated rings. The van der Waals surface area contributed by atoms with Gasteiger partial charge in [-0.15, -0.1) is 0 Å². The Morgan fingerprint density at radius 3 is 2.71 bits per heavy atom. The number of hydrogen-bond acceptors (Lipinski definition) is 4. The van der Waals surface area contributed by atoms with E-state index < -0.39 is 0 Å². The lowest BCUT2D eigenvalue weighted by Gasteiger charge is -2.11. The van der Waals surface area contributed by atoms with Gasteiger partial charge in [-0.3, -0.25) is 9.59 Å². The highest BCUT2D eigenvalue weighted by atomic mass is 16.5. The van der Waals surface area contributed by atoms with Crippen molar-refractivity contribution >= 4 is 11.8 Å². The fourth-order valence-corrected chi connectivity index (χ4v) is 2.47. The molecule has 6 nitrogen and oxygen atoms in total. The fourth-order valence-electron chi connectivity index (χ4n) is 2.47. The summed E-state index contributed by atoms with van der Waals surface area (Å²) in [5.74, 6) is 0.000171. The number of carbonyl (C=O) groups excluding carboxylic acids is 2. The van der Waals surface area contributed by atoms with Gasteiger partial charge in [-0.05, 0) is 30.5 Å². The number of hydrogen-bond donors (Lipinski definition) is 3. The summed E-state index contributed by atoms with van der Waals surface area (Å²) in [5.41, 5.74) is 1.59. The Labute approximate surface area is 122 Å². The lowest BCUT2D eigenvalue weighted by atomic mass is 10.0. The number of benzene rings is 1. The first-order valence-electron chi connectivity index (χ1n) is 7.09. The SMILES string of the molecule is CNC(=O)c1cc(C(=O)NC2CC2)cc2c1OC(CO)C2. The van der Waals surface area contributed by atoms with Crippen LogP contribution in [0.3, 0.4) is 0 Å². The van der Waals surface area contributed by atoms with E-state index >= 15 is 0 Å². The first kappa shape index (κ1) is 13.9. The van der Waals surface area contributed by atoms with Crippen LogP contribution in [-0.2, 0) is 6.42 Å². The minimum Gasteiger partial charge on any atom is -0.487 e. The molecule has 0 aromatic heterocycles. The van der Waals surface area contributed by atoms with Gasteiger partial charge in [-0.1, -0.05) is 0 Å². The van der Waals surface area contributed by atoms with Crippen molar-refractivity contribution in [2.75, 3.05) is 13.7 Å². The van der Waals surface area contributed by atoms with Crippen molar-refractivity contribution in [3.63, 3.8) is 0 Å². The van der Waals surface area contributed by atoms with Crippen molar-refractivity contribution < 1.29 is 19.4 Å². The van der Waals surface area contributed by atoms with E-state index in [2.05, 4.69) is 10.6 Å². The first-order valence-corrected chi connectivity index (χ1v) is 7.09.